The number of benzene rings is 3. The summed E-state index contributed by atoms with van der Waals surface area (Å²) in [5.74, 6) is 6.42. The molecule has 3 atom stereocenters. The van der Waals surface area contributed by atoms with Crippen molar-refractivity contribution in [1.29, 1.82) is 0 Å². The maximum atomic E-state index is 13.0. The first kappa shape index (κ1) is 29.2. The number of unbranched alkanes of at least 4 members (excludes halogenated alkanes) is 1. The SMILES string of the molecule is CCCCOC(=O)N(N)C(Cc1ccccc1)C(O)C(Nc1ccc(C)cc1)(OCCC)c1ccccc1. The van der Waals surface area contributed by atoms with Gasteiger partial charge in [-0.1, -0.05) is 98.6 Å². The molecule has 3 aromatic carbocycles. The topological polar surface area (TPSA) is 97.1 Å². The number of aliphatic hydroxyl groups is 1. The van der Waals surface area contributed by atoms with E-state index in [9.17, 15) is 9.90 Å². The number of carbonyl (C=O) groups excluding carboxylic acids is 1. The second kappa shape index (κ2) is 14.5. The second-order valence-corrected chi connectivity index (χ2v) is 9.52. The van der Waals surface area contributed by atoms with Crippen LogP contribution in [0.2, 0.25) is 0 Å². The molecule has 4 N–H and O–H groups in total. The third-order valence-corrected chi connectivity index (χ3v) is 6.48. The Labute approximate surface area is 226 Å². The fourth-order valence-electron chi connectivity index (χ4n) is 4.32. The van der Waals surface area contributed by atoms with Crippen molar-refractivity contribution < 1.29 is 19.4 Å². The fraction of sp³-hybridized carbons (Fsp3) is 0.387. The summed E-state index contributed by atoms with van der Waals surface area (Å²) in [7, 11) is 0. The summed E-state index contributed by atoms with van der Waals surface area (Å²) in [4.78, 5) is 13.0. The normalized spacial score (nSPS) is 14.2. The molecule has 0 aliphatic carbocycles. The number of aliphatic hydroxyl groups excluding tert-OH is 1. The van der Waals surface area contributed by atoms with E-state index >= 15 is 0 Å². The Hall–Kier alpha value is -3.39. The van der Waals surface area contributed by atoms with Crippen molar-refractivity contribution in [3.05, 3.63) is 102 Å². The molecule has 1 amide bonds. The van der Waals surface area contributed by atoms with Gasteiger partial charge >= 0.3 is 6.09 Å². The van der Waals surface area contributed by atoms with Crippen LogP contribution in [0, 0.1) is 6.92 Å². The fourth-order valence-corrected chi connectivity index (χ4v) is 4.32. The first-order chi connectivity index (χ1) is 18.4. The van der Waals surface area contributed by atoms with E-state index in [1.165, 1.54) is 0 Å². The molecule has 0 heterocycles. The number of hydrazine groups is 1. The van der Waals surface area contributed by atoms with Crippen molar-refractivity contribution in [2.45, 2.75) is 64.3 Å². The summed E-state index contributed by atoms with van der Waals surface area (Å²) in [6.45, 7) is 6.67. The van der Waals surface area contributed by atoms with Gasteiger partial charge in [0, 0.05) is 17.9 Å². The summed E-state index contributed by atoms with van der Waals surface area (Å²) in [5, 5.41) is 16.7. The zero-order chi connectivity index (χ0) is 27.4. The van der Waals surface area contributed by atoms with Crippen molar-refractivity contribution in [2.75, 3.05) is 18.5 Å². The average Bonchev–Trinajstić information content (AvgIpc) is 2.95. The van der Waals surface area contributed by atoms with Crippen molar-refractivity contribution in [3.63, 3.8) is 0 Å². The minimum atomic E-state index is -1.41. The second-order valence-electron chi connectivity index (χ2n) is 9.52. The Kier molecular flexibility index (Phi) is 11.1. The molecular weight excluding hydrogens is 478 g/mol. The predicted molar refractivity (Wildman–Crippen MR) is 151 cm³/mol. The molecule has 0 bridgehead atoms. The maximum absolute atomic E-state index is 13.0. The van der Waals surface area contributed by atoms with Crippen LogP contribution in [0.3, 0.4) is 0 Å². The highest BCUT2D eigenvalue weighted by atomic mass is 16.6. The molecule has 0 saturated carbocycles. The summed E-state index contributed by atoms with van der Waals surface area (Å²) in [6.07, 6.45) is 0.671. The standard InChI is InChI=1S/C31H41N3O4/c1-4-6-22-37-30(36)34(32)28(23-25-13-9-7-10-14-25)29(35)31(38-21-5-2,26-15-11-8-12-16-26)33-27-19-17-24(3)18-20-27/h7-20,28-29,33,35H,4-6,21-23,32H2,1-3H3. The van der Waals surface area contributed by atoms with Crippen molar-refractivity contribution in [1.82, 2.24) is 5.01 Å². The predicted octanol–water partition coefficient (Wildman–Crippen LogP) is 5.77. The quantitative estimate of drug-likeness (QED) is 0.0822. The van der Waals surface area contributed by atoms with Gasteiger partial charge in [0.1, 0.15) is 6.10 Å². The highest BCUT2D eigenvalue weighted by molar-refractivity contribution is 5.67. The summed E-state index contributed by atoms with van der Waals surface area (Å²) in [6, 6.07) is 26.2. The van der Waals surface area contributed by atoms with Crippen molar-refractivity contribution in [3.8, 4) is 0 Å². The molecule has 7 nitrogen and oxygen atoms in total. The lowest BCUT2D eigenvalue weighted by molar-refractivity contribution is -0.136. The van der Waals surface area contributed by atoms with Gasteiger partial charge in [0.05, 0.1) is 12.6 Å². The monoisotopic (exact) mass is 519 g/mol. The van der Waals surface area contributed by atoms with Gasteiger partial charge in [0.15, 0.2) is 5.72 Å². The minimum absolute atomic E-state index is 0.259. The number of anilines is 1. The zero-order valence-electron chi connectivity index (χ0n) is 22.7. The van der Waals surface area contributed by atoms with E-state index in [0.29, 0.717) is 18.6 Å². The Morgan fingerprint density at radius 1 is 0.947 bits per heavy atom. The van der Waals surface area contributed by atoms with Gasteiger partial charge in [-0.25, -0.2) is 15.6 Å². The van der Waals surface area contributed by atoms with Gasteiger partial charge in [0.2, 0.25) is 0 Å². The molecule has 204 valence electrons. The highest BCUT2D eigenvalue weighted by Gasteiger charge is 2.47. The first-order valence-corrected chi connectivity index (χ1v) is 13.4. The van der Waals surface area contributed by atoms with Crippen LogP contribution >= 0.6 is 0 Å². The van der Waals surface area contributed by atoms with Gasteiger partial charge in [0.25, 0.3) is 0 Å². The lowest BCUT2D eigenvalue weighted by Gasteiger charge is -2.44. The Bertz CT molecular complexity index is 1100. The minimum Gasteiger partial charge on any atom is -0.448 e. The molecule has 0 saturated heterocycles. The van der Waals surface area contributed by atoms with Crippen LogP contribution in [0.25, 0.3) is 0 Å². The molecule has 3 unspecified atom stereocenters. The lowest BCUT2D eigenvalue weighted by Crippen LogP contribution is -2.62. The van der Waals surface area contributed by atoms with Crippen molar-refractivity contribution >= 4 is 11.8 Å². The van der Waals surface area contributed by atoms with Gasteiger partial charge in [-0.2, -0.15) is 0 Å². The first-order valence-electron chi connectivity index (χ1n) is 13.4. The number of carbonyl (C=O) groups is 1. The number of aryl methyl sites for hydroxylation is 1. The smallest absolute Gasteiger partial charge is 0.424 e. The summed E-state index contributed by atoms with van der Waals surface area (Å²) >= 11 is 0. The number of nitrogens with zero attached hydrogens (tertiary/aromatic N) is 1. The number of hydrogen-bond acceptors (Lipinski definition) is 6. The van der Waals surface area contributed by atoms with Gasteiger partial charge in [-0.05, 0) is 43.9 Å². The third kappa shape index (κ3) is 7.57. The molecule has 0 fully saturated rings. The van der Waals surface area contributed by atoms with Crippen LogP contribution in [-0.4, -0.2) is 41.6 Å². The van der Waals surface area contributed by atoms with E-state index in [1.54, 1.807) is 0 Å². The summed E-state index contributed by atoms with van der Waals surface area (Å²) in [5.41, 5.74) is 2.10. The number of nitrogens with two attached hydrogens (primary N) is 1. The van der Waals surface area contributed by atoms with E-state index in [0.717, 1.165) is 41.1 Å². The largest absolute Gasteiger partial charge is 0.448 e. The average molecular weight is 520 g/mol. The Balaban J connectivity index is 2.09. The summed E-state index contributed by atoms with van der Waals surface area (Å²) < 4.78 is 11.9. The zero-order valence-corrected chi connectivity index (χ0v) is 22.7. The molecule has 0 radical (unpaired) electrons. The molecule has 0 aliphatic heterocycles. The van der Waals surface area contributed by atoms with E-state index < -0.39 is 24.0 Å². The lowest BCUT2D eigenvalue weighted by atomic mass is 9.87. The van der Waals surface area contributed by atoms with Crippen molar-refractivity contribution in [2.24, 2.45) is 5.84 Å². The van der Waals surface area contributed by atoms with Crippen LogP contribution in [0.4, 0.5) is 10.5 Å². The highest BCUT2D eigenvalue weighted by Crippen LogP contribution is 2.35. The van der Waals surface area contributed by atoms with E-state index in [4.69, 9.17) is 15.3 Å². The van der Waals surface area contributed by atoms with Crippen LogP contribution in [0.5, 0.6) is 0 Å². The van der Waals surface area contributed by atoms with Gasteiger partial charge in [-0.15, -0.1) is 0 Å². The maximum Gasteiger partial charge on any atom is 0.424 e. The molecule has 38 heavy (non-hydrogen) atoms. The van der Waals surface area contributed by atoms with Crippen LogP contribution < -0.4 is 11.2 Å². The number of ether oxygens (including phenoxy) is 2. The molecule has 0 spiro atoms. The number of amides is 1. The number of hydrogen-bond donors (Lipinski definition) is 3. The molecule has 0 aromatic heterocycles. The Morgan fingerprint density at radius 3 is 2.18 bits per heavy atom. The van der Waals surface area contributed by atoms with Crippen LogP contribution in [-0.2, 0) is 21.6 Å². The van der Waals surface area contributed by atoms with E-state index in [1.807, 2.05) is 106 Å². The van der Waals surface area contributed by atoms with E-state index in [2.05, 4.69) is 5.32 Å². The van der Waals surface area contributed by atoms with E-state index in [-0.39, 0.29) is 6.61 Å². The van der Waals surface area contributed by atoms with Crippen LogP contribution in [0.15, 0.2) is 84.9 Å². The molecule has 3 rings (SSSR count). The van der Waals surface area contributed by atoms with Gasteiger partial charge in [-0.3, -0.25) is 0 Å². The van der Waals surface area contributed by atoms with Crippen LogP contribution in [0.1, 0.15) is 49.8 Å². The number of nitrogens with one attached hydrogen (secondary N) is 1. The third-order valence-electron chi connectivity index (χ3n) is 6.48. The molecule has 0 aliphatic rings. The molecule has 3 aromatic rings. The molecular formula is C31H41N3O4. The molecule has 7 heteroatoms. The van der Waals surface area contributed by atoms with Gasteiger partial charge < -0.3 is 19.9 Å². The Morgan fingerprint density at radius 2 is 1.58 bits per heavy atom. The number of rotatable bonds is 14.